The van der Waals surface area contributed by atoms with Crippen molar-refractivity contribution in [2.24, 2.45) is 0 Å². The van der Waals surface area contributed by atoms with Crippen molar-refractivity contribution in [3.63, 3.8) is 0 Å². The predicted molar refractivity (Wildman–Crippen MR) is 111 cm³/mol. The van der Waals surface area contributed by atoms with Crippen molar-refractivity contribution < 1.29 is 16.8 Å². The summed E-state index contributed by atoms with van der Waals surface area (Å²) in [5.74, 6) is 0. The van der Waals surface area contributed by atoms with Gasteiger partial charge in [0.05, 0.1) is 9.79 Å². The quantitative estimate of drug-likeness (QED) is 0.543. The number of sulfonamides is 2. The van der Waals surface area contributed by atoms with Crippen molar-refractivity contribution >= 4 is 20.0 Å². The van der Waals surface area contributed by atoms with E-state index in [1.807, 2.05) is 13.8 Å². The average molecular weight is 425 g/mol. The maximum Gasteiger partial charge on any atom is 0.240 e. The molecule has 0 aromatic heterocycles. The topological polar surface area (TPSA) is 92.3 Å². The van der Waals surface area contributed by atoms with Crippen LogP contribution in [-0.2, 0) is 32.9 Å². The third-order valence-electron chi connectivity index (χ3n) is 4.47. The van der Waals surface area contributed by atoms with Crippen LogP contribution in [0.4, 0.5) is 0 Å². The first-order valence-corrected chi connectivity index (χ1v) is 12.4. The first-order valence-electron chi connectivity index (χ1n) is 9.45. The van der Waals surface area contributed by atoms with Gasteiger partial charge in [-0.3, -0.25) is 0 Å². The second kappa shape index (κ2) is 10.2. The van der Waals surface area contributed by atoms with Gasteiger partial charge in [-0.2, -0.15) is 0 Å². The third-order valence-corrected chi connectivity index (χ3v) is 7.43. The van der Waals surface area contributed by atoms with Gasteiger partial charge in [0, 0.05) is 13.1 Å². The third kappa shape index (κ3) is 6.41. The summed E-state index contributed by atoms with van der Waals surface area (Å²) in [6.07, 6.45) is 2.77. The summed E-state index contributed by atoms with van der Waals surface area (Å²) in [4.78, 5) is 0.474. The average Bonchev–Trinajstić information content (AvgIpc) is 2.70. The molecule has 2 aromatic rings. The van der Waals surface area contributed by atoms with Crippen LogP contribution in [0.15, 0.2) is 58.3 Å². The maximum atomic E-state index is 12.2. The van der Waals surface area contributed by atoms with Crippen LogP contribution in [0.5, 0.6) is 0 Å². The number of aryl methyl sites for hydroxylation is 2. The van der Waals surface area contributed by atoms with E-state index in [0.717, 1.165) is 24.0 Å². The molecule has 0 bridgehead atoms. The lowest BCUT2D eigenvalue weighted by Crippen LogP contribution is -2.27. The normalized spacial score (nSPS) is 12.2. The zero-order chi connectivity index (χ0) is 20.6. The Bertz CT molecular complexity index is 871. The minimum Gasteiger partial charge on any atom is -0.211 e. The fraction of sp³-hybridized carbons (Fsp3) is 0.400. The summed E-state index contributed by atoms with van der Waals surface area (Å²) in [6.45, 7) is 4.53. The molecule has 0 atom stereocenters. The number of benzene rings is 2. The number of unbranched alkanes of at least 4 members (excludes halogenated alkanes) is 1. The summed E-state index contributed by atoms with van der Waals surface area (Å²) in [7, 11) is -7.08. The lowest BCUT2D eigenvalue weighted by atomic mass is 10.2. The first-order chi connectivity index (χ1) is 13.3. The van der Waals surface area contributed by atoms with Crippen molar-refractivity contribution in [2.45, 2.75) is 49.3 Å². The Morgan fingerprint density at radius 3 is 1.21 bits per heavy atom. The molecule has 0 saturated carbocycles. The highest BCUT2D eigenvalue weighted by Gasteiger charge is 2.14. The Labute approximate surface area is 168 Å². The number of hydrogen-bond donors (Lipinski definition) is 2. The fourth-order valence-corrected chi connectivity index (χ4v) is 4.79. The second-order valence-electron chi connectivity index (χ2n) is 6.50. The van der Waals surface area contributed by atoms with Gasteiger partial charge in [-0.25, -0.2) is 26.3 Å². The van der Waals surface area contributed by atoms with E-state index in [1.165, 1.54) is 0 Å². The van der Waals surface area contributed by atoms with Gasteiger partial charge in [0.25, 0.3) is 0 Å². The molecule has 2 rings (SSSR count). The van der Waals surface area contributed by atoms with Gasteiger partial charge in [-0.15, -0.1) is 0 Å². The molecule has 6 nitrogen and oxygen atoms in total. The van der Waals surface area contributed by atoms with Crippen LogP contribution in [-0.4, -0.2) is 29.9 Å². The molecular formula is C20H28N2O4S2. The smallest absolute Gasteiger partial charge is 0.211 e. The van der Waals surface area contributed by atoms with E-state index in [2.05, 4.69) is 9.44 Å². The van der Waals surface area contributed by atoms with Crippen molar-refractivity contribution in [1.29, 1.82) is 0 Å². The number of rotatable bonds is 11. The van der Waals surface area contributed by atoms with Crippen LogP contribution in [0.3, 0.4) is 0 Å². The molecule has 2 N–H and O–H groups in total. The molecule has 0 aliphatic heterocycles. The highest BCUT2D eigenvalue weighted by atomic mass is 32.2. The Hall–Kier alpha value is -1.74. The molecule has 0 radical (unpaired) electrons. The Balaban J connectivity index is 1.75. The van der Waals surface area contributed by atoms with E-state index < -0.39 is 20.0 Å². The second-order valence-corrected chi connectivity index (χ2v) is 10.0. The van der Waals surface area contributed by atoms with E-state index in [4.69, 9.17) is 0 Å². The zero-order valence-electron chi connectivity index (χ0n) is 16.3. The Morgan fingerprint density at radius 2 is 0.929 bits per heavy atom. The molecule has 0 saturated heterocycles. The van der Waals surface area contributed by atoms with Crippen LogP contribution >= 0.6 is 0 Å². The summed E-state index contributed by atoms with van der Waals surface area (Å²) in [5, 5.41) is 0. The van der Waals surface area contributed by atoms with Crippen molar-refractivity contribution in [3.05, 3.63) is 59.7 Å². The van der Waals surface area contributed by atoms with E-state index in [0.29, 0.717) is 12.8 Å². The Morgan fingerprint density at radius 1 is 0.607 bits per heavy atom. The Kier molecular flexibility index (Phi) is 8.18. The van der Waals surface area contributed by atoms with Crippen molar-refractivity contribution in [2.75, 3.05) is 13.1 Å². The largest absolute Gasteiger partial charge is 0.240 e. The SMILES string of the molecule is CCc1ccc(S(=O)(=O)NCCCCNS(=O)(=O)c2ccc(CC)cc2)cc1. The van der Waals surface area contributed by atoms with E-state index >= 15 is 0 Å². The molecule has 28 heavy (non-hydrogen) atoms. The molecule has 0 heterocycles. The van der Waals surface area contributed by atoms with Gasteiger partial charge in [-0.05, 0) is 61.1 Å². The summed E-state index contributed by atoms with van der Waals surface area (Å²) < 4.78 is 54.1. The fourth-order valence-electron chi connectivity index (χ4n) is 2.64. The predicted octanol–water partition coefficient (Wildman–Crippen LogP) is 2.85. The minimum absolute atomic E-state index is 0.237. The van der Waals surface area contributed by atoms with Gasteiger partial charge < -0.3 is 0 Å². The summed E-state index contributed by atoms with van der Waals surface area (Å²) in [6, 6.07) is 13.6. The molecular weight excluding hydrogens is 396 g/mol. The molecule has 8 heteroatoms. The standard InChI is InChI=1S/C20H28N2O4S2/c1-3-17-7-11-19(12-8-17)27(23,24)21-15-5-6-16-22-28(25,26)20-13-9-18(4-2)10-14-20/h7-14,21-22H,3-6,15-16H2,1-2H3. The summed E-state index contributed by atoms with van der Waals surface area (Å²) in [5.41, 5.74) is 2.16. The zero-order valence-corrected chi connectivity index (χ0v) is 17.9. The van der Waals surface area contributed by atoms with E-state index in [9.17, 15) is 16.8 Å². The van der Waals surface area contributed by atoms with Crippen molar-refractivity contribution in [3.8, 4) is 0 Å². The summed E-state index contributed by atoms with van der Waals surface area (Å²) >= 11 is 0. The molecule has 0 unspecified atom stereocenters. The van der Waals surface area contributed by atoms with Crippen LogP contribution in [0.2, 0.25) is 0 Å². The molecule has 0 aliphatic carbocycles. The van der Waals surface area contributed by atoms with E-state index in [1.54, 1.807) is 48.5 Å². The van der Waals surface area contributed by atoms with Gasteiger partial charge in [0.2, 0.25) is 20.0 Å². The van der Waals surface area contributed by atoms with Gasteiger partial charge in [0.1, 0.15) is 0 Å². The lowest BCUT2D eigenvalue weighted by molar-refractivity contribution is 0.567. The lowest BCUT2D eigenvalue weighted by Gasteiger charge is -2.09. The number of hydrogen-bond acceptors (Lipinski definition) is 4. The molecule has 0 aliphatic rings. The molecule has 2 aromatic carbocycles. The first kappa shape index (κ1) is 22.5. The van der Waals surface area contributed by atoms with Crippen LogP contribution < -0.4 is 9.44 Å². The maximum absolute atomic E-state index is 12.2. The molecule has 154 valence electrons. The molecule has 0 amide bonds. The highest BCUT2D eigenvalue weighted by molar-refractivity contribution is 7.89. The molecule has 0 spiro atoms. The van der Waals surface area contributed by atoms with Crippen LogP contribution in [0.25, 0.3) is 0 Å². The van der Waals surface area contributed by atoms with Crippen LogP contribution in [0.1, 0.15) is 37.8 Å². The van der Waals surface area contributed by atoms with E-state index in [-0.39, 0.29) is 22.9 Å². The number of nitrogens with one attached hydrogen (secondary N) is 2. The van der Waals surface area contributed by atoms with Crippen LogP contribution in [0, 0.1) is 0 Å². The van der Waals surface area contributed by atoms with Gasteiger partial charge in [-0.1, -0.05) is 38.1 Å². The van der Waals surface area contributed by atoms with Gasteiger partial charge in [0.15, 0.2) is 0 Å². The van der Waals surface area contributed by atoms with Gasteiger partial charge >= 0.3 is 0 Å². The minimum atomic E-state index is -3.54. The monoisotopic (exact) mass is 424 g/mol. The highest BCUT2D eigenvalue weighted by Crippen LogP contribution is 2.12. The van der Waals surface area contributed by atoms with Crippen molar-refractivity contribution in [1.82, 2.24) is 9.44 Å². The molecule has 0 fully saturated rings.